The fourth-order valence-electron chi connectivity index (χ4n) is 2.82. The maximum absolute atomic E-state index is 13.7. The standard InChI is InChI=1S/C18H16Cl2FNO2S/c1-2-24-17-6-11(3-4-16(17)21)5-15-10-25-18(23)22(15)14-8-12(19)7-13(20)9-14/h3-4,6-9,15H,2,5,10H2,1H3/t15-/m0/s1. The molecule has 1 aliphatic heterocycles. The highest BCUT2D eigenvalue weighted by Crippen LogP contribution is 2.35. The Morgan fingerprint density at radius 2 is 1.96 bits per heavy atom. The first-order chi connectivity index (χ1) is 12.0. The second-order valence-corrected chi connectivity index (χ2v) is 7.47. The Morgan fingerprint density at radius 1 is 1.24 bits per heavy atom. The van der Waals surface area contributed by atoms with Crippen LogP contribution in [-0.4, -0.2) is 23.6 Å². The minimum Gasteiger partial charge on any atom is -0.491 e. The van der Waals surface area contributed by atoms with E-state index in [1.165, 1.54) is 17.8 Å². The van der Waals surface area contributed by atoms with Gasteiger partial charge in [0.25, 0.3) is 5.24 Å². The lowest BCUT2D eigenvalue weighted by Gasteiger charge is -2.24. The molecule has 0 aliphatic carbocycles. The number of benzene rings is 2. The van der Waals surface area contributed by atoms with Gasteiger partial charge in [-0.25, -0.2) is 4.39 Å². The molecule has 0 aromatic heterocycles. The Balaban J connectivity index is 1.86. The molecule has 0 spiro atoms. The summed E-state index contributed by atoms with van der Waals surface area (Å²) in [6.07, 6.45) is 0.587. The number of nitrogens with zero attached hydrogens (tertiary/aromatic N) is 1. The van der Waals surface area contributed by atoms with Gasteiger partial charge in [0, 0.05) is 21.5 Å². The quantitative estimate of drug-likeness (QED) is 0.634. The summed E-state index contributed by atoms with van der Waals surface area (Å²) in [6, 6.07) is 9.81. The summed E-state index contributed by atoms with van der Waals surface area (Å²) in [5.74, 6) is 0.486. The van der Waals surface area contributed by atoms with Crippen LogP contribution in [0.5, 0.6) is 5.75 Å². The van der Waals surface area contributed by atoms with Gasteiger partial charge in [-0.15, -0.1) is 0 Å². The molecule has 0 unspecified atom stereocenters. The molecule has 1 saturated heterocycles. The number of anilines is 1. The lowest BCUT2D eigenvalue weighted by molar-refractivity contribution is 0.265. The second kappa shape index (κ2) is 7.85. The third-order valence-electron chi connectivity index (χ3n) is 3.85. The number of carbonyl (C=O) groups is 1. The van der Waals surface area contributed by atoms with Crippen molar-refractivity contribution in [2.75, 3.05) is 17.3 Å². The van der Waals surface area contributed by atoms with Gasteiger partial charge in [0.15, 0.2) is 11.6 Å². The Morgan fingerprint density at radius 3 is 2.64 bits per heavy atom. The smallest absolute Gasteiger partial charge is 0.286 e. The van der Waals surface area contributed by atoms with Gasteiger partial charge in [0.05, 0.1) is 12.6 Å². The van der Waals surface area contributed by atoms with Crippen molar-refractivity contribution in [1.29, 1.82) is 0 Å². The zero-order valence-electron chi connectivity index (χ0n) is 13.5. The first-order valence-corrected chi connectivity index (χ1v) is 9.55. The molecule has 1 atom stereocenters. The predicted octanol–water partition coefficient (Wildman–Crippen LogP) is 5.82. The lowest BCUT2D eigenvalue weighted by Crippen LogP contribution is -2.34. The van der Waals surface area contributed by atoms with Crippen LogP contribution in [0.15, 0.2) is 36.4 Å². The molecule has 1 aliphatic rings. The molecular weight excluding hydrogens is 384 g/mol. The molecule has 0 radical (unpaired) electrons. The zero-order valence-corrected chi connectivity index (χ0v) is 15.8. The number of carbonyl (C=O) groups excluding carboxylic acids is 1. The van der Waals surface area contributed by atoms with Crippen LogP contribution < -0.4 is 9.64 Å². The van der Waals surface area contributed by atoms with Crippen molar-refractivity contribution in [1.82, 2.24) is 0 Å². The summed E-state index contributed by atoms with van der Waals surface area (Å²) in [7, 11) is 0. The highest BCUT2D eigenvalue weighted by Gasteiger charge is 2.33. The molecule has 2 aromatic rings. The monoisotopic (exact) mass is 399 g/mol. The van der Waals surface area contributed by atoms with Gasteiger partial charge in [-0.2, -0.15) is 0 Å². The van der Waals surface area contributed by atoms with E-state index in [1.54, 1.807) is 35.2 Å². The molecule has 0 saturated carbocycles. The normalized spacial score (nSPS) is 17.2. The SMILES string of the molecule is CCOc1cc(C[C@H]2CSC(=O)N2c2cc(Cl)cc(Cl)c2)ccc1F. The average Bonchev–Trinajstić information content (AvgIpc) is 2.90. The second-order valence-electron chi connectivity index (χ2n) is 5.63. The fourth-order valence-corrected chi connectivity index (χ4v) is 4.33. The van der Waals surface area contributed by atoms with Crippen molar-refractivity contribution in [2.45, 2.75) is 19.4 Å². The van der Waals surface area contributed by atoms with E-state index in [0.29, 0.717) is 34.5 Å². The van der Waals surface area contributed by atoms with E-state index < -0.39 is 0 Å². The van der Waals surface area contributed by atoms with Crippen LogP contribution in [0.3, 0.4) is 0 Å². The molecule has 2 aromatic carbocycles. The van der Waals surface area contributed by atoms with Crippen LogP contribution in [0.4, 0.5) is 14.9 Å². The Kier molecular flexibility index (Phi) is 5.77. The van der Waals surface area contributed by atoms with E-state index in [4.69, 9.17) is 27.9 Å². The molecule has 0 bridgehead atoms. The zero-order chi connectivity index (χ0) is 18.0. The van der Waals surface area contributed by atoms with Gasteiger partial charge in [0.2, 0.25) is 0 Å². The number of thioether (sulfide) groups is 1. The molecule has 1 heterocycles. The Bertz CT molecular complexity index is 782. The molecule has 1 amide bonds. The first kappa shape index (κ1) is 18.4. The summed E-state index contributed by atoms with van der Waals surface area (Å²) < 4.78 is 19.0. The summed E-state index contributed by atoms with van der Waals surface area (Å²) in [6.45, 7) is 2.20. The van der Waals surface area contributed by atoms with Crippen molar-refractivity contribution >= 4 is 45.9 Å². The van der Waals surface area contributed by atoms with Crippen LogP contribution in [0.2, 0.25) is 10.0 Å². The molecule has 3 rings (SSSR count). The van der Waals surface area contributed by atoms with Gasteiger partial charge in [0.1, 0.15) is 0 Å². The van der Waals surface area contributed by atoms with Crippen molar-refractivity contribution in [3.8, 4) is 5.75 Å². The highest BCUT2D eigenvalue weighted by atomic mass is 35.5. The first-order valence-electron chi connectivity index (χ1n) is 7.81. The Hall–Kier alpha value is -1.43. The number of hydrogen-bond acceptors (Lipinski definition) is 3. The topological polar surface area (TPSA) is 29.5 Å². The van der Waals surface area contributed by atoms with E-state index in [2.05, 4.69) is 0 Å². The molecular formula is C18H16Cl2FNO2S. The van der Waals surface area contributed by atoms with E-state index >= 15 is 0 Å². The van der Waals surface area contributed by atoms with Gasteiger partial charge in [-0.3, -0.25) is 9.69 Å². The average molecular weight is 400 g/mol. The van der Waals surface area contributed by atoms with Crippen LogP contribution in [0, 0.1) is 5.82 Å². The van der Waals surface area contributed by atoms with Crippen molar-refractivity contribution in [2.24, 2.45) is 0 Å². The van der Waals surface area contributed by atoms with E-state index in [-0.39, 0.29) is 22.8 Å². The van der Waals surface area contributed by atoms with Gasteiger partial charge in [-0.1, -0.05) is 41.0 Å². The third-order valence-corrected chi connectivity index (χ3v) is 5.28. The van der Waals surface area contributed by atoms with E-state index in [0.717, 1.165) is 5.56 Å². The minimum absolute atomic E-state index is 0.0459. The van der Waals surface area contributed by atoms with Crippen LogP contribution >= 0.6 is 35.0 Å². The molecule has 0 N–H and O–H groups in total. The number of amides is 1. The summed E-state index contributed by atoms with van der Waals surface area (Å²) in [5.41, 5.74) is 1.58. The largest absolute Gasteiger partial charge is 0.491 e. The number of ether oxygens (including phenoxy) is 1. The van der Waals surface area contributed by atoms with Crippen molar-refractivity contribution in [3.05, 3.63) is 57.8 Å². The van der Waals surface area contributed by atoms with Crippen LogP contribution in [0.25, 0.3) is 0 Å². The summed E-state index contributed by atoms with van der Waals surface area (Å²) in [5, 5.41) is 0.910. The van der Waals surface area contributed by atoms with Crippen LogP contribution in [0.1, 0.15) is 12.5 Å². The maximum Gasteiger partial charge on any atom is 0.286 e. The maximum atomic E-state index is 13.7. The Labute approximate surface area is 160 Å². The van der Waals surface area contributed by atoms with Crippen molar-refractivity contribution in [3.63, 3.8) is 0 Å². The third kappa shape index (κ3) is 4.22. The molecule has 7 heteroatoms. The number of rotatable bonds is 5. The minimum atomic E-state index is -0.388. The number of hydrogen-bond donors (Lipinski definition) is 0. The molecule has 3 nitrogen and oxygen atoms in total. The molecule has 132 valence electrons. The summed E-state index contributed by atoms with van der Waals surface area (Å²) in [4.78, 5) is 14.0. The molecule has 25 heavy (non-hydrogen) atoms. The summed E-state index contributed by atoms with van der Waals surface area (Å²) >= 11 is 13.4. The predicted molar refractivity (Wildman–Crippen MR) is 102 cm³/mol. The van der Waals surface area contributed by atoms with Crippen molar-refractivity contribution < 1.29 is 13.9 Å². The lowest BCUT2D eigenvalue weighted by atomic mass is 10.0. The molecule has 1 fully saturated rings. The van der Waals surface area contributed by atoms with Gasteiger partial charge in [-0.05, 0) is 49.2 Å². The van der Waals surface area contributed by atoms with E-state index in [9.17, 15) is 9.18 Å². The van der Waals surface area contributed by atoms with Crippen LogP contribution in [-0.2, 0) is 6.42 Å². The number of halogens is 3. The van der Waals surface area contributed by atoms with E-state index in [1.807, 2.05) is 6.92 Å². The van der Waals surface area contributed by atoms with Gasteiger partial charge < -0.3 is 4.74 Å². The van der Waals surface area contributed by atoms with Gasteiger partial charge >= 0.3 is 0 Å². The fraction of sp³-hybridized carbons (Fsp3) is 0.278. The highest BCUT2D eigenvalue weighted by molar-refractivity contribution is 8.14.